The van der Waals surface area contributed by atoms with Crippen LogP contribution in [0.1, 0.15) is 61.6 Å². The molecule has 1 atom stereocenters. The lowest BCUT2D eigenvalue weighted by Crippen LogP contribution is -2.31. The smallest absolute Gasteiger partial charge is 0.255 e. The van der Waals surface area contributed by atoms with E-state index >= 15 is 0 Å². The number of benzene rings is 3. The van der Waals surface area contributed by atoms with Gasteiger partial charge in [0.2, 0.25) is 11.1 Å². The van der Waals surface area contributed by atoms with Gasteiger partial charge in [-0.25, -0.2) is 4.68 Å². The lowest BCUT2D eigenvalue weighted by Gasteiger charge is -2.29. The number of rotatable bonds is 6. The first-order valence-corrected chi connectivity index (χ1v) is 14.7. The van der Waals surface area contributed by atoms with Crippen LogP contribution in [0.3, 0.4) is 0 Å². The minimum Gasteiger partial charge on any atom is -0.328 e. The van der Waals surface area contributed by atoms with Crippen molar-refractivity contribution >= 4 is 40.9 Å². The molecule has 1 unspecified atom stereocenters. The molecule has 0 radical (unpaired) electrons. The van der Waals surface area contributed by atoms with Crippen LogP contribution in [0.4, 0.5) is 11.6 Å². The minimum absolute atomic E-state index is 0.0164. The number of carbonyl (C=O) groups excluding carboxylic acids is 1. The zero-order chi connectivity index (χ0) is 28.6. The van der Waals surface area contributed by atoms with E-state index in [2.05, 4.69) is 61.7 Å². The van der Waals surface area contributed by atoms with Crippen molar-refractivity contribution in [2.45, 2.75) is 63.9 Å². The van der Waals surface area contributed by atoms with Crippen molar-refractivity contribution in [2.75, 3.05) is 10.6 Å². The van der Waals surface area contributed by atoms with Crippen molar-refractivity contribution in [3.05, 3.63) is 111 Å². The van der Waals surface area contributed by atoms with Gasteiger partial charge in [-0.1, -0.05) is 104 Å². The summed E-state index contributed by atoms with van der Waals surface area (Å²) in [5.74, 6) is 1.07. The zero-order valence-electron chi connectivity index (χ0n) is 23.7. The molecule has 40 heavy (non-hydrogen) atoms. The van der Waals surface area contributed by atoms with E-state index in [1.807, 2.05) is 61.9 Å². The Hall–Kier alpha value is -3.55. The molecule has 2 heterocycles. The Morgan fingerprint density at radius 2 is 1.77 bits per heavy atom. The minimum atomic E-state index is -0.446. The van der Waals surface area contributed by atoms with Gasteiger partial charge >= 0.3 is 0 Å². The average Bonchev–Trinajstić information content (AvgIpc) is 3.31. The van der Waals surface area contributed by atoms with Gasteiger partial charge in [-0.05, 0) is 60.6 Å². The number of hydrogen-bond donors (Lipinski definition) is 2. The number of amides is 1. The van der Waals surface area contributed by atoms with Crippen LogP contribution >= 0.6 is 23.4 Å². The summed E-state index contributed by atoms with van der Waals surface area (Å²) in [4.78, 5) is 18.7. The molecule has 1 amide bonds. The van der Waals surface area contributed by atoms with Crippen molar-refractivity contribution in [3.8, 4) is 0 Å². The second-order valence-corrected chi connectivity index (χ2v) is 12.6. The molecule has 206 valence electrons. The highest BCUT2D eigenvalue weighted by Crippen LogP contribution is 2.38. The van der Waals surface area contributed by atoms with Gasteiger partial charge in [0, 0.05) is 22.2 Å². The molecule has 8 heteroatoms. The van der Waals surface area contributed by atoms with Crippen LogP contribution in [0, 0.1) is 13.8 Å². The van der Waals surface area contributed by atoms with Gasteiger partial charge in [0.1, 0.15) is 6.04 Å². The highest BCUT2D eigenvalue weighted by atomic mass is 35.5. The van der Waals surface area contributed by atoms with E-state index in [-0.39, 0.29) is 11.3 Å². The maximum absolute atomic E-state index is 13.9. The molecule has 0 aliphatic carbocycles. The van der Waals surface area contributed by atoms with E-state index < -0.39 is 6.04 Å². The van der Waals surface area contributed by atoms with E-state index in [0.29, 0.717) is 22.4 Å². The number of aryl methyl sites for hydroxylation is 2. The molecule has 2 N–H and O–H groups in total. The fourth-order valence-electron chi connectivity index (χ4n) is 4.86. The number of nitrogens with one attached hydrogen (secondary N) is 2. The number of hydrogen-bond acceptors (Lipinski definition) is 5. The molecule has 0 saturated carbocycles. The van der Waals surface area contributed by atoms with Crippen molar-refractivity contribution in [2.24, 2.45) is 0 Å². The molecular formula is C32H34ClN5OS. The molecule has 1 aromatic heterocycles. The lowest BCUT2D eigenvalue weighted by molar-refractivity contribution is -0.113. The second-order valence-electron chi connectivity index (χ2n) is 11.3. The second kappa shape index (κ2) is 11.1. The normalized spacial score (nSPS) is 15.0. The van der Waals surface area contributed by atoms with Crippen LogP contribution in [0.25, 0.3) is 0 Å². The first-order valence-electron chi connectivity index (χ1n) is 13.3. The Balaban J connectivity index is 1.52. The summed E-state index contributed by atoms with van der Waals surface area (Å²) in [5.41, 5.74) is 7.53. The summed E-state index contributed by atoms with van der Waals surface area (Å²) in [6.45, 7) is 12.5. The van der Waals surface area contributed by atoms with E-state index in [1.54, 1.807) is 0 Å². The zero-order valence-corrected chi connectivity index (χ0v) is 25.2. The van der Waals surface area contributed by atoms with Gasteiger partial charge in [0.15, 0.2) is 0 Å². The fraction of sp³-hybridized carbons (Fsp3) is 0.281. The fourth-order valence-corrected chi connectivity index (χ4v) is 5.98. The predicted octanol–water partition coefficient (Wildman–Crippen LogP) is 8.07. The number of carbonyl (C=O) groups is 1. The van der Waals surface area contributed by atoms with Crippen LogP contribution in [0.2, 0.25) is 5.02 Å². The van der Waals surface area contributed by atoms with Gasteiger partial charge in [-0.2, -0.15) is 4.98 Å². The van der Waals surface area contributed by atoms with Crippen LogP contribution < -0.4 is 10.6 Å². The van der Waals surface area contributed by atoms with Crippen LogP contribution in [0.15, 0.2) is 83.2 Å². The number of nitrogens with zero attached hydrogens (tertiary/aromatic N) is 3. The Morgan fingerprint density at radius 1 is 1.05 bits per heavy atom. The maximum atomic E-state index is 13.9. The molecule has 0 bridgehead atoms. The third-order valence-corrected chi connectivity index (χ3v) is 8.37. The Bertz CT molecular complexity index is 1600. The summed E-state index contributed by atoms with van der Waals surface area (Å²) >= 11 is 7.89. The highest BCUT2D eigenvalue weighted by Gasteiger charge is 2.35. The summed E-state index contributed by atoms with van der Waals surface area (Å²) < 4.78 is 1.82. The van der Waals surface area contributed by atoms with Crippen molar-refractivity contribution in [1.82, 2.24) is 14.8 Å². The van der Waals surface area contributed by atoms with E-state index in [9.17, 15) is 4.79 Å². The molecule has 1 aliphatic heterocycles. The number of anilines is 2. The predicted molar refractivity (Wildman–Crippen MR) is 165 cm³/mol. The van der Waals surface area contributed by atoms with Crippen LogP contribution in [0.5, 0.6) is 0 Å². The quantitative estimate of drug-likeness (QED) is 0.229. The summed E-state index contributed by atoms with van der Waals surface area (Å²) in [6.07, 6.45) is 0. The molecular weight excluding hydrogens is 538 g/mol. The molecule has 0 saturated heterocycles. The largest absolute Gasteiger partial charge is 0.328 e. The first kappa shape index (κ1) is 28.0. The molecule has 0 fully saturated rings. The SMILES string of the molecule is CC1=C(C(=O)Nc2ccc(C)cc2C)C(c2ccc(C(C)(C)C)cc2)n2nc(SCc3ccccc3Cl)nc2N1. The van der Waals surface area contributed by atoms with Crippen LogP contribution in [-0.2, 0) is 16.0 Å². The van der Waals surface area contributed by atoms with Gasteiger partial charge in [0.05, 0.1) is 5.57 Å². The Kier molecular flexibility index (Phi) is 7.80. The van der Waals surface area contributed by atoms with Gasteiger partial charge < -0.3 is 10.6 Å². The van der Waals surface area contributed by atoms with Gasteiger partial charge in [-0.15, -0.1) is 5.10 Å². The van der Waals surface area contributed by atoms with Crippen molar-refractivity contribution < 1.29 is 4.79 Å². The standard InChI is InChI=1S/C32H34ClN5OS/c1-19-11-16-26(20(2)17-19)35-29(39)27-21(3)34-30-36-31(40-18-23-9-7-8-10-25(23)33)37-38(30)28(27)22-12-14-24(15-13-22)32(4,5)6/h7-17,28H,18H2,1-6H3,(H,35,39)(H,34,36,37). The molecule has 4 aromatic rings. The average molecular weight is 572 g/mol. The first-order chi connectivity index (χ1) is 19.0. The number of aromatic nitrogens is 3. The van der Waals surface area contributed by atoms with Crippen molar-refractivity contribution in [1.29, 1.82) is 0 Å². The lowest BCUT2D eigenvalue weighted by atomic mass is 9.85. The maximum Gasteiger partial charge on any atom is 0.255 e. The molecule has 0 spiro atoms. The topological polar surface area (TPSA) is 71.8 Å². The number of allylic oxidation sites excluding steroid dienone is 1. The van der Waals surface area contributed by atoms with Crippen molar-refractivity contribution in [3.63, 3.8) is 0 Å². The summed E-state index contributed by atoms with van der Waals surface area (Å²) in [6, 6.07) is 21.8. The molecule has 1 aliphatic rings. The Morgan fingerprint density at radius 3 is 2.45 bits per heavy atom. The summed E-state index contributed by atoms with van der Waals surface area (Å²) in [7, 11) is 0. The van der Waals surface area contributed by atoms with E-state index in [1.165, 1.54) is 17.3 Å². The van der Waals surface area contributed by atoms with Crippen LogP contribution in [-0.4, -0.2) is 20.7 Å². The monoisotopic (exact) mass is 571 g/mol. The number of fused-ring (bicyclic) bond motifs is 1. The third-order valence-electron chi connectivity index (χ3n) is 7.11. The van der Waals surface area contributed by atoms with E-state index in [4.69, 9.17) is 21.7 Å². The van der Waals surface area contributed by atoms with Gasteiger partial charge in [0.25, 0.3) is 5.91 Å². The third kappa shape index (κ3) is 5.81. The number of halogens is 1. The molecule has 5 rings (SSSR count). The summed E-state index contributed by atoms with van der Waals surface area (Å²) in [5, 5.41) is 12.7. The molecule has 6 nitrogen and oxygen atoms in total. The Labute approximate surface area is 245 Å². The molecule has 3 aromatic carbocycles. The van der Waals surface area contributed by atoms with E-state index in [0.717, 1.165) is 38.7 Å². The van der Waals surface area contributed by atoms with Gasteiger partial charge in [-0.3, -0.25) is 4.79 Å². The highest BCUT2D eigenvalue weighted by molar-refractivity contribution is 7.98. The number of thioether (sulfide) groups is 1.